The van der Waals surface area contributed by atoms with Crippen LogP contribution in [-0.4, -0.2) is 31.3 Å². The van der Waals surface area contributed by atoms with Crippen molar-refractivity contribution >= 4 is 27.9 Å². The summed E-state index contributed by atoms with van der Waals surface area (Å²) in [4.78, 5) is 24.3. The van der Waals surface area contributed by atoms with Gasteiger partial charge in [0.1, 0.15) is 11.9 Å². The van der Waals surface area contributed by atoms with Crippen molar-refractivity contribution in [1.82, 2.24) is 10.6 Å². The number of carbonyl (C=O) groups is 2. The Kier molecular flexibility index (Phi) is 2.77. The molecule has 2 fully saturated rings. The summed E-state index contributed by atoms with van der Waals surface area (Å²) in [5, 5.41) is 5.18. The van der Waals surface area contributed by atoms with E-state index in [1.807, 2.05) is 18.2 Å². The van der Waals surface area contributed by atoms with Crippen molar-refractivity contribution in [2.24, 2.45) is 5.92 Å². The molecule has 2 saturated heterocycles. The van der Waals surface area contributed by atoms with Crippen LogP contribution in [-0.2, 0) is 15.1 Å². The van der Waals surface area contributed by atoms with Gasteiger partial charge in [-0.15, -0.1) is 0 Å². The van der Waals surface area contributed by atoms with E-state index in [2.05, 4.69) is 26.6 Å². The predicted octanol–water partition coefficient (Wildman–Crippen LogP) is 1.28. The van der Waals surface area contributed by atoms with Crippen molar-refractivity contribution in [2.45, 2.75) is 18.1 Å². The monoisotopic (exact) mass is 352 g/mol. The van der Waals surface area contributed by atoms with Crippen LogP contribution in [0.4, 0.5) is 4.79 Å². The third-order valence-corrected chi connectivity index (χ3v) is 4.88. The third kappa shape index (κ3) is 1.74. The quantitative estimate of drug-likeness (QED) is 0.689. The van der Waals surface area contributed by atoms with Crippen LogP contribution in [0.15, 0.2) is 22.7 Å². The van der Waals surface area contributed by atoms with Crippen molar-refractivity contribution in [1.29, 1.82) is 0 Å². The van der Waals surface area contributed by atoms with Crippen LogP contribution in [0, 0.1) is 5.92 Å². The molecule has 0 radical (unpaired) electrons. The maximum atomic E-state index is 12.6. The Morgan fingerprint density at radius 3 is 2.95 bits per heavy atom. The van der Waals surface area contributed by atoms with Gasteiger partial charge in [-0.25, -0.2) is 4.79 Å². The molecular formula is C14H13BrN2O4. The lowest BCUT2D eigenvalue weighted by Gasteiger charge is -2.46. The first-order valence-electron chi connectivity index (χ1n) is 6.79. The fourth-order valence-corrected chi connectivity index (χ4v) is 3.82. The first-order chi connectivity index (χ1) is 10.1. The van der Waals surface area contributed by atoms with E-state index < -0.39 is 11.6 Å². The van der Waals surface area contributed by atoms with Crippen molar-refractivity contribution in [3.05, 3.63) is 28.2 Å². The van der Waals surface area contributed by atoms with E-state index in [4.69, 9.17) is 9.47 Å². The molecule has 2 N–H and O–H groups in total. The highest BCUT2D eigenvalue weighted by Gasteiger charge is 2.60. The van der Waals surface area contributed by atoms with Crippen LogP contribution in [0.1, 0.15) is 12.0 Å². The van der Waals surface area contributed by atoms with Gasteiger partial charge in [0.25, 0.3) is 5.91 Å². The molecule has 0 aromatic heterocycles. The molecule has 7 heteroatoms. The van der Waals surface area contributed by atoms with Crippen molar-refractivity contribution < 1.29 is 19.1 Å². The fraction of sp³-hybridized carbons (Fsp3) is 0.429. The molecule has 1 spiro atoms. The summed E-state index contributed by atoms with van der Waals surface area (Å²) in [6.07, 6.45) is 0.557. The lowest BCUT2D eigenvalue weighted by Crippen LogP contribution is -2.60. The molecule has 0 aliphatic carbocycles. The highest BCUT2D eigenvalue weighted by atomic mass is 79.9. The molecule has 0 bridgehead atoms. The predicted molar refractivity (Wildman–Crippen MR) is 75.8 cm³/mol. The molecule has 4 rings (SSSR count). The lowest BCUT2D eigenvalue weighted by molar-refractivity contribution is -0.136. The van der Waals surface area contributed by atoms with Crippen LogP contribution >= 0.6 is 15.9 Å². The number of rotatable bonds is 0. The van der Waals surface area contributed by atoms with E-state index >= 15 is 0 Å². The van der Waals surface area contributed by atoms with Crippen LogP contribution in [0.5, 0.6) is 5.75 Å². The molecule has 3 amide bonds. The molecule has 110 valence electrons. The van der Waals surface area contributed by atoms with E-state index in [0.717, 1.165) is 4.47 Å². The topological polar surface area (TPSA) is 76.7 Å². The minimum atomic E-state index is -1.11. The highest BCUT2D eigenvalue weighted by Crippen LogP contribution is 2.47. The molecule has 3 aliphatic rings. The molecule has 1 aromatic carbocycles. The normalized spacial score (nSPS) is 33.8. The van der Waals surface area contributed by atoms with Gasteiger partial charge >= 0.3 is 6.03 Å². The molecular weight excluding hydrogens is 340 g/mol. The molecule has 1 aromatic rings. The summed E-state index contributed by atoms with van der Waals surface area (Å²) in [5.74, 6) is 0.0637. The van der Waals surface area contributed by atoms with Gasteiger partial charge in [0.2, 0.25) is 0 Å². The molecule has 3 heterocycles. The summed E-state index contributed by atoms with van der Waals surface area (Å²) in [6, 6.07) is 5.04. The van der Waals surface area contributed by atoms with Crippen LogP contribution < -0.4 is 15.4 Å². The number of halogens is 1. The Morgan fingerprint density at radius 2 is 2.19 bits per heavy atom. The van der Waals surface area contributed by atoms with Gasteiger partial charge in [-0.1, -0.05) is 15.9 Å². The second-order valence-electron chi connectivity index (χ2n) is 5.48. The molecule has 6 nitrogen and oxygen atoms in total. The Balaban J connectivity index is 1.94. The Labute approximate surface area is 129 Å². The van der Waals surface area contributed by atoms with Crippen LogP contribution in [0.3, 0.4) is 0 Å². The minimum absolute atomic E-state index is 0.142. The third-order valence-electron chi connectivity index (χ3n) is 4.39. The second kappa shape index (κ2) is 4.45. The highest BCUT2D eigenvalue weighted by molar-refractivity contribution is 9.10. The van der Waals surface area contributed by atoms with Crippen LogP contribution in [0.2, 0.25) is 0 Å². The zero-order valence-electron chi connectivity index (χ0n) is 11.0. The van der Waals surface area contributed by atoms with E-state index in [1.54, 1.807) is 0 Å². The van der Waals surface area contributed by atoms with Gasteiger partial charge in [-0.2, -0.15) is 0 Å². The molecule has 0 saturated carbocycles. The summed E-state index contributed by atoms with van der Waals surface area (Å²) in [6.45, 7) is 0.975. The van der Waals surface area contributed by atoms with Gasteiger partial charge in [-0.05, 0) is 18.2 Å². The number of urea groups is 1. The van der Waals surface area contributed by atoms with E-state index in [9.17, 15) is 9.59 Å². The summed E-state index contributed by atoms with van der Waals surface area (Å²) in [5.41, 5.74) is -0.438. The maximum absolute atomic E-state index is 12.6. The Morgan fingerprint density at radius 1 is 1.33 bits per heavy atom. The van der Waals surface area contributed by atoms with Gasteiger partial charge in [0, 0.05) is 16.5 Å². The molecule has 0 unspecified atom stereocenters. The summed E-state index contributed by atoms with van der Waals surface area (Å²) >= 11 is 3.41. The number of fused-ring (bicyclic) bond motifs is 4. The van der Waals surface area contributed by atoms with Gasteiger partial charge < -0.3 is 14.8 Å². The Bertz CT molecular complexity index is 650. The fourth-order valence-electron chi connectivity index (χ4n) is 3.46. The number of nitrogens with one attached hydrogen (secondary N) is 2. The molecule has 3 aliphatic heterocycles. The standard InChI is InChI=1S/C14H13BrN2O4/c15-7-1-2-10-8(5-7)14(12(18)16-13(19)17-14)9-6-20-4-3-11(9)21-10/h1-2,5,9,11H,3-4,6H2,(H2,16,17,18,19)/t9-,11-,14+/m0/s1. The number of benzene rings is 1. The first-order valence-corrected chi connectivity index (χ1v) is 7.58. The summed E-state index contributed by atoms with van der Waals surface area (Å²) in [7, 11) is 0. The number of amides is 3. The van der Waals surface area contributed by atoms with E-state index in [1.165, 1.54) is 0 Å². The van der Waals surface area contributed by atoms with Gasteiger partial charge in [0.15, 0.2) is 5.54 Å². The average Bonchev–Trinajstić information content (AvgIpc) is 2.76. The number of hydrogen-bond acceptors (Lipinski definition) is 4. The molecule has 3 atom stereocenters. The zero-order valence-corrected chi connectivity index (χ0v) is 12.6. The van der Waals surface area contributed by atoms with E-state index in [0.29, 0.717) is 30.9 Å². The number of ether oxygens (including phenoxy) is 2. The Hall–Kier alpha value is -1.60. The number of hydrogen-bond donors (Lipinski definition) is 2. The first kappa shape index (κ1) is 13.1. The molecule has 21 heavy (non-hydrogen) atoms. The van der Waals surface area contributed by atoms with Crippen molar-refractivity contribution in [2.75, 3.05) is 13.2 Å². The number of carbonyl (C=O) groups excluding carboxylic acids is 2. The van der Waals surface area contributed by atoms with Gasteiger partial charge in [0.05, 0.1) is 19.1 Å². The van der Waals surface area contributed by atoms with Crippen LogP contribution in [0.25, 0.3) is 0 Å². The minimum Gasteiger partial charge on any atom is -0.489 e. The lowest BCUT2D eigenvalue weighted by atomic mass is 9.72. The zero-order chi connectivity index (χ0) is 14.6. The average molecular weight is 353 g/mol. The number of imide groups is 1. The smallest absolute Gasteiger partial charge is 0.322 e. The van der Waals surface area contributed by atoms with Crippen molar-refractivity contribution in [3.8, 4) is 5.75 Å². The SMILES string of the molecule is O=C1NC(=O)[C@@]2(N1)c1cc(Br)ccc1O[C@H]1CCOC[C@@H]12. The largest absolute Gasteiger partial charge is 0.489 e. The summed E-state index contributed by atoms with van der Waals surface area (Å²) < 4.78 is 12.4. The maximum Gasteiger partial charge on any atom is 0.322 e. The van der Waals surface area contributed by atoms with Gasteiger partial charge in [-0.3, -0.25) is 10.1 Å². The van der Waals surface area contributed by atoms with E-state index in [-0.39, 0.29) is 17.9 Å². The van der Waals surface area contributed by atoms with Crippen molar-refractivity contribution in [3.63, 3.8) is 0 Å². The second-order valence-corrected chi connectivity index (χ2v) is 6.40.